The average molecular weight is 377 g/mol. The number of carbonyl (C=O) groups is 2. The molecule has 0 aliphatic rings. The minimum atomic E-state index is -1.02. The Hall–Kier alpha value is -2.75. The number of aryl methyl sites for hydroxylation is 1. The largest absolute Gasteiger partial charge is 0.351 e. The number of nitrogens with one attached hydrogen (secondary N) is 1. The van der Waals surface area contributed by atoms with Gasteiger partial charge in [0.25, 0.3) is 5.91 Å². The van der Waals surface area contributed by atoms with Gasteiger partial charge in [-0.2, -0.15) is 5.26 Å². The number of nitrogens with zero attached hydrogens (tertiary/aromatic N) is 2. The summed E-state index contributed by atoms with van der Waals surface area (Å²) >= 11 is 12.0. The molecule has 0 saturated carbocycles. The zero-order chi connectivity index (χ0) is 18.7. The standard InChI is InChI=1S/C17H14Cl2N4O2/c1-9-5-11(6-12(8-20)16(24)22-17(21)25)10(2)23(9)13-3-4-14(18)15(19)7-13/h3-7H,1-2H3,(H3,21,22,24,25)/b12-6+. The number of imide groups is 1. The highest BCUT2D eigenvalue weighted by atomic mass is 35.5. The van der Waals surface area contributed by atoms with Crippen LogP contribution < -0.4 is 11.1 Å². The molecule has 3 amide bonds. The van der Waals surface area contributed by atoms with E-state index in [1.165, 1.54) is 6.08 Å². The molecular weight excluding hydrogens is 363 g/mol. The topological polar surface area (TPSA) is 101 Å². The monoisotopic (exact) mass is 376 g/mol. The Kier molecular flexibility index (Phi) is 5.52. The summed E-state index contributed by atoms with van der Waals surface area (Å²) in [7, 11) is 0. The molecule has 0 radical (unpaired) electrons. The molecule has 2 rings (SSSR count). The number of amides is 3. The maximum Gasteiger partial charge on any atom is 0.319 e. The van der Waals surface area contributed by atoms with Crippen molar-refractivity contribution >= 4 is 41.2 Å². The van der Waals surface area contributed by atoms with E-state index in [0.717, 1.165) is 17.1 Å². The number of hydrogen-bond donors (Lipinski definition) is 2. The summed E-state index contributed by atoms with van der Waals surface area (Å²) in [5.74, 6) is -0.852. The Bertz CT molecular complexity index is 939. The van der Waals surface area contributed by atoms with E-state index in [-0.39, 0.29) is 5.57 Å². The summed E-state index contributed by atoms with van der Waals surface area (Å²) in [6.45, 7) is 3.71. The Morgan fingerprint density at radius 1 is 1.24 bits per heavy atom. The van der Waals surface area contributed by atoms with Crippen LogP contribution in [-0.2, 0) is 4.79 Å². The van der Waals surface area contributed by atoms with Crippen LogP contribution in [0.15, 0.2) is 29.8 Å². The van der Waals surface area contributed by atoms with Crippen LogP contribution in [0.5, 0.6) is 0 Å². The number of rotatable bonds is 3. The first-order valence-corrected chi connectivity index (χ1v) is 7.87. The SMILES string of the molecule is Cc1cc(/C=C(\C#N)C(=O)NC(N)=O)c(C)n1-c1ccc(Cl)c(Cl)c1. The number of hydrogen-bond acceptors (Lipinski definition) is 3. The van der Waals surface area contributed by atoms with Crippen molar-refractivity contribution in [1.82, 2.24) is 9.88 Å². The van der Waals surface area contributed by atoms with Gasteiger partial charge in [0.2, 0.25) is 0 Å². The molecule has 0 spiro atoms. The highest BCUT2D eigenvalue weighted by molar-refractivity contribution is 6.42. The third-order valence-electron chi connectivity index (χ3n) is 3.53. The Balaban J connectivity index is 2.50. The van der Waals surface area contributed by atoms with Crippen molar-refractivity contribution in [3.63, 3.8) is 0 Å². The van der Waals surface area contributed by atoms with Gasteiger partial charge >= 0.3 is 6.03 Å². The zero-order valence-electron chi connectivity index (χ0n) is 13.4. The van der Waals surface area contributed by atoms with Gasteiger partial charge < -0.3 is 10.3 Å². The molecule has 6 nitrogen and oxygen atoms in total. The van der Waals surface area contributed by atoms with E-state index in [0.29, 0.717) is 15.6 Å². The fraction of sp³-hybridized carbons (Fsp3) is 0.118. The highest BCUT2D eigenvalue weighted by Gasteiger charge is 2.15. The van der Waals surface area contributed by atoms with E-state index >= 15 is 0 Å². The van der Waals surface area contributed by atoms with E-state index in [1.54, 1.807) is 18.2 Å². The van der Waals surface area contributed by atoms with Crippen LogP contribution >= 0.6 is 23.2 Å². The average Bonchev–Trinajstić information content (AvgIpc) is 2.81. The fourth-order valence-electron chi connectivity index (χ4n) is 2.44. The molecule has 0 fully saturated rings. The Morgan fingerprint density at radius 2 is 1.92 bits per heavy atom. The summed E-state index contributed by atoms with van der Waals surface area (Å²) < 4.78 is 1.91. The number of halogens is 2. The first-order valence-electron chi connectivity index (χ1n) is 7.11. The summed E-state index contributed by atoms with van der Waals surface area (Å²) in [6.07, 6.45) is 1.40. The molecule has 128 valence electrons. The lowest BCUT2D eigenvalue weighted by Gasteiger charge is -2.10. The zero-order valence-corrected chi connectivity index (χ0v) is 14.9. The predicted molar refractivity (Wildman–Crippen MR) is 96.6 cm³/mol. The molecule has 0 saturated heterocycles. The molecule has 0 aliphatic heterocycles. The summed E-state index contributed by atoms with van der Waals surface area (Å²) in [5, 5.41) is 11.9. The van der Waals surface area contributed by atoms with Crippen molar-refractivity contribution in [3.05, 3.63) is 56.8 Å². The van der Waals surface area contributed by atoms with Gasteiger partial charge in [0.15, 0.2) is 0 Å². The number of primary amides is 1. The van der Waals surface area contributed by atoms with Gasteiger partial charge in [0.05, 0.1) is 10.0 Å². The van der Waals surface area contributed by atoms with Gasteiger partial charge in [-0.15, -0.1) is 0 Å². The van der Waals surface area contributed by atoms with E-state index < -0.39 is 11.9 Å². The van der Waals surface area contributed by atoms with Crippen molar-refractivity contribution in [1.29, 1.82) is 5.26 Å². The second-order valence-electron chi connectivity index (χ2n) is 5.25. The molecule has 0 bridgehead atoms. The van der Waals surface area contributed by atoms with Crippen LogP contribution in [-0.4, -0.2) is 16.5 Å². The van der Waals surface area contributed by atoms with Gasteiger partial charge in [-0.05, 0) is 49.8 Å². The maximum absolute atomic E-state index is 11.8. The number of aromatic nitrogens is 1. The molecule has 0 unspecified atom stereocenters. The van der Waals surface area contributed by atoms with Gasteiger partial charge in [-0.25, -0.2) is 4.79 Å². The van der Waals surface area contributed by atoms with Gasteiger partial charge in [-0.1, -0.05) is 23.2 Å². The molecule has 0 atom stereocenters. The molecule has 8 heteroatoms. The van der Waals surface area contributed by atoms with Crippen molar-refractivity contribution in [2.75, 3.05) is 0 Å². The molecule has 0 aliphatic carbocycles. The third-order valence-corrected chi connectivity index (χ3v) is 4.27. The molecule has 1 aromatic heterocycles. The van der Waals surface area contributed by atoms with Crippen LogP contribution in [0, 0.1) is 25.2 Å². The van der Waals surface area contributed by atoms with Gasteiger partial charge in [0.1, 0.15) is 11.6 Å². The molecule has 1 heterocycles. The number of nitrogens with two attached hydrogens (primary N) is 1. The molecule has 2 aromatic rings. The Labute approximate surface area is 154 Å². The molecule has 3 N–H and O–H groups in total. The number of benzene rings is 1. The van der Waals surface area contributed by atoms with Crippen molar-refractivity contribution in [2.45, 2.75) is 13.8 Å². The van der Waals surface area contributed by atoms with Crippen LogP contribution in [0.4, 0.5) is 4.79 Å². The first kappa shape index (κ1) is 18.6. The fourth-order valence-corrected chi connectivity index (χ4v) is 2.73. The summed E-state index contributed by atoms with van der Waals surface area (Å²) in [5.41, 5.74) is 7.78. The normalized spacial score (nSPS) is 11.1. The van der Waals surface area contributed by atoms with Crippen molar-refractivity contribution in [2.24, 2.45) is 5.73 Å². The molecule has 25 heavy (non-hydrogen) atoms. The van der Waals surface area contributed by atoms with Crippen molar-refractivity contribution < 1.29 is 9.59 Å². The number of urea groups is 1. The van der Waals surface area contributed by atoms with E-state index in [9.17, 15) is 9.59 Å². The van der Waals surface area contributed by atoms with Crippen molar-refractivity contribution in [3.8, 4) is 11.8 Å². The summed E-state index contributed by atoms with van der Waals surface area (Å²) in [4.78, 5) is 22.6. The number of nitriles is 1. The maximum atomic E-state index is 11.8. The Morgan fingerprint density at radius 3 is 2.48 bits per heavy atom. The lowest BCUT2D eigenvalue weighted by atomic mass is 10.1. The minimum absolute atomic E-state index is 0.229. The van der Waals surface area contributed by atoms with E-state index in [1.807, 2.05) is 35.9 Å². The summed E-state index contributed by atoms with van der Waals surface area (Å²) in [6, 6.07) is 7.78. The lowest BCUT2D eigenvalue weighted by Crippen LogP contribution is -2.35. The van der Waals surface area contributed by atoms with E-state index in [2.05, 4.69) is 0 Å². The minimum Gasteiger partial charge on any atom is -0.351 e. The highest BCUT2D eigenvalue weighted by Crippen LogP contribution is 2.28. The second-order valence-corrected chi connectivity index (χ2v) is 6.06. The van der Waals surface area contributed by atoms with Crippen LogP contribution in [0.2, 0.25) is 10.0 Å². The second kappa shape index (κ2) is 7.43. The molecule has 1 aromatic carbocycles. The van der Waals surface area contributed by atoms with Crippen LogP contribution in [0.3, 0.4) is 0 Å². The van der Waals surface area contributed by atoms with Crippen LogP contribution in [0.1, 0.15) is 17.0 Å². The number of carbonyl (C=O) groups excluding carboxylic acids is 2. The van der Waals surface area contributed by atoms with Gasteiger partial charge in [-0.3, -0.25) is 10.1 Å². The molecular formula is C17H14Cl2N4O2. The van der Waals surface area contributed by atoms with Crippen LogP contribution in [0.25, 0.3) is 11.8 Å². The first-order chi connectivity index (χ1) is 11.7. The quantitative estimate of drug-likeness (QED) is 0.632. The third kappa shape index (κ3) is 4.02. The lowest BCUT2D eigenvalue weighted by molar-refractivity contribution is -0.115. The smallest absolute Gasteiger partial charge is 0.319 e. The van der Waals surface area contributed by atoms with E-state index in [4.69, 9.17) is 34.2 Å². The van der Waals surface area contributed by atoms with Gasteiger partial charge in [0, 0.05) is 17.1 Å². The predicted octanol–water partition coefficient (Wildman–Crippen LogP) is 3.50.